The van der Waals surface area contributed by atoms with Crippen molar-refractivity contribution < 1.29 is 50.5 Å². The summed E-state index contributed by atoms with van der Waals surface area (Å²) in [6, 6.07) is 10.8. The highest BCUT2D eigenvalue weighted by atomic mass is 31.2. The normalized spacial score (nSPS) is 23.8. The van der Waals surface area contributed by atoms with Crippen LogP contribution in [0, 0.1) is 0 Å². The van der Waals surface area contributed by atoms with Gasteiger partial charge in [-0.3, -0.25) is 13.9 Å². The second-order valence-corrected chi connectivity index (χ2v) is 11.7. The lowest BCUT2D eigenvalue weighted by atomic mass is 9.96. The molecule has 4 N–H and O–H groups in total. The molecule has 5 atom stereocenters. The molecule has 234 valence electrons. The molecule has 4 rings (SSSR count). The number of nitrogens with one attached hydrogen (secondary N) is 1. The molecule has 43 heavy (non-hydrogen) atoms. The highest BCUT2D eigenvalue weighted by Gasteiger charge is 2.71. The first-order valence-electron chi connectivity index (χ1n) is 12.9. The van der Waals surface area contributed by atoms with Gasteiger partial charge in [0.1, 0.15) is 17.6 Å². The number of rotatable bonds is 11. The summed E-state index contributed by atoms with van der Waals surface area (Å²) in [7, 11) is -4.93. The van der Waals surface area contributed by atoms with Crippen molar-refractivity contribution >= 4 is 30.3 Å². The summed E-state index contributed by atoms with van der Waals surface area (Å²) in [5, 5.41) is 13.8. The third-order valence-corrected chi connectivity index (χ3v) is 8.06. The van der Waals surface area contributed by atoms with Gasteiger partial charge in [0.2, 0.25) is 6.23 Å². The Balaban J connectivity index is 1.70. The predicted octanol–water partition coefficient (Wildman–Crippen LogP) is 3.64. The number of esters is 1. The Hall–Kier alpha value is -3.56. The van der Waals surface area contributed by atoms with Gasteiger partial charge in [-0.15, -0.1) is 0 Å². The summed E-state index contributed by atoms with van der Waals surface area (Å²) in [5.74, 6) is -5.82. The van der Waals surface area contributed by atoms with E-state index in [1.165, 1.54) is 19.1 Å². The van der Waals surface area contributed by atoms with Crippen molar-refractivity contribution in [1.82, 2.24) is 14.6 Å². The number of alkyl halides is 4. The van der Waals surface area contributed by atoms with Gasteiger partial charge < -0.3 is 24.8 Å². The third kappa shape index (κ3) is 6.53. The van der Waals surface area contributed by atoms with Crippen LogP contribution in [-0.2, 0) is 23.4 Å². The van der Waals surface area contributed by atoms with Gasteiger partial charge >= 0.3 is 25.3 Å². The van der Waals surface area contributed by atoms with E-state index in [1.807, 2.05) is 0 Å². The first kappa shape index (κ1) is 32.4. The molecule has 0 saturated carbocycles. The number of nitrogens with zero attached hydrogens (tertiary/aromatic N) is 2. The SMILES string of the molecule is CC(C)OC(=O)[C@H](C)NP(=O)(OC[C@@]1(C(F)F)O[C@@H](n2ccc(N)nc2=O)C(F)(F)[C@@H]1O)Oc1cccc2ccccc12. The van der Waals surface area contributed by atoms with E-state index < -0.39 is 68.4 Å². The number of hydrogen-bond donors (Lipinski definition) is 3. The summed E-state index contributed by atoms with van der Waals surface area (Å²) in [4.78, 5) is 28.0. The zero-order chi connectivity index (χ0) is 31.7. The molecule has 0 amide bonds. The number of aliphatic hydroxyl groups is 1. The fraction of sp³-hybridized carbons (Fsp3) is 0.423. The molecule has 1 unspecified atom stereocenters. The summed E-state index contributed by atoms with van der Waals surface area (Å²) >= 11 is 0. The van der Waals surface area contributed by atoms with Gasteiger partial charge in [0, 0.05) is 11.6 Å². The van der Waals surface area contributed by atoms with Crippen LogP contribution >= 0.6 is 7.75 Å². The van der Waals surface area contributed by atoms with Crippen molar-refractivity contribution in [3.05, 3.63) is 65.2 Å². The lowest BCUT2D eigenvalue weighted by Crippen LogP contribution is -2.54. The van der Waals surface area contributed by atoms with E-state index in [-0.39, 0.29) is 16.1 Å². The standard InChI is InChI=1S/C26H29F4N4O8P/c1-14(2)40-20(35)15(3)33-43(38,42-18-10-6-8-16-7-4-5-9-17(16)18)39-13-25(22(27)28)21(36)26(29,30)23(41-25)34-12-11-19(31)32-24(34)37/h4-12,14-15,21-23,36H,13H2,1-3H3,(H,33,38)(H2,31,32,37)/t15-,21+,23+,25+,43?/m0/s1. The number of carbonyl (C=O) groups excluding carboxylic acids is 1. The van der Waals surface area contributed by atoms with Crippen molar-refractivity contribution in [2.45, 2.75) is 63.2 Å². The molecule has 1 aromatic heterocycles. The molecule has 1 fully saturated rings. The van der Waals surface area contributed by atoms with Crippen LogP contribution in [-0.4, -0.2) is 63.4 Å². The number of ether oxygens (including phenoxy) is 2. The van der Waals surface area contributed by atoms with Crippen molar-refractivity contribution in [1.29, 1.82) is 0 Å². The van der Waals surface area contributed by atoms with Crippen LogP contribution in [0.2, 0.25) is 0 Å². The fourth-order valence-corrected chi connectivity index (χ4v) is 5.86. The third-order valence-electron chi connectivity index (χ3n) is 6.45. The maximum Gasteiger partial charge on any atom is 0.459 e. The molecular formula is C26H29F4N4O8P. The molecule has 1 aliphatic heterocycles. The van der Waals surface area contributed by atoms with Gasteiger partial charge in [-0.2, -0.15) is 18.9 Å². The maximum absolute atomic E-state index is 15.2. The Kier molecular flexibility index (Phi) is 9.19. The predicted molar refractivity (Wildman–Crippen MR) is 145 cm³/mol. The smallest absolute Gasteiger partial charge is 0.459 e. The zero-order valence-corrected chi connectivity index (χ0v) is 23.9. The van der Waals surface area contributed by atoms with E-state index in [0.29, 0.717) is 10.8 Å². The first-order chi connectivity index (χ1) is 20.1. The lowest BCUT2D eigenvalue weighted by Gasteiger charge is -2.32. The van der Waals surface area contributed by atoms with E-state index in [2.05, 4.69) is 10.1 Å². The van der Waals surface area contributed by atoms with E-state index >= 15 is 8.78 Å². The molecule has 3 aromatic rings. The average Bonchev–Trinajstić information content (AvgIpc) is 3.13. The van der Waals surface area contributed by atoms with Crippen LogP contribution in [0.4, 0.5) is 23.4 Å². The van der Waals surface area contributed by atoms with Crippen molar-refractivity contribution in [2.24, 2.45) is 0 Å². The maximum atomic E-state index is 15.2. The van der Waals surface area contributed by atoms with Crippen molar-refractivity contribution in [3.8, 4) is 5.75 Å². The Labute approximate surface area is 242 Å². The highest BCUT2D eigenvalue weighted by molar-refractivity contribution is 7.52. The summed E-state index contributed by atoms with van der Waals surface area (Å²) < 4.78 is 94.7. The summed E-state index contributed by atoms with van der Waals surface area (Å²) in [6.07, 6.45) is -9.76. The van der Waals surface area contributed by atoms with Crippen molar-refractivity contribution in [2.75, 3.05) is 12.3 Å². The minimum absolute atomic E-state index is 0.0694. The Bertz CT molecular complexity index is 1590. The number of aliphatic hydroxyl groups excluding tert-OH is 1. The van der Waals surface area contributed by atoms with Gasteiger partial charge in [0.25, 0.3) is 6.43 Å². The van der Waals surface area contributed by atoms with E-state index in [9.17, 15) is 28.0 Å². The number of carbonyl (C=O) groups is 1. The van der Waals surface area contributed by atoms with Crippen LogP contribution in [0.5, 0.6) is 5.75 Å². The molecule has 0 aliphatic carbocycles. The second kappa shape index (κ2) is 12.2. The number of halogens is 4. The number of aromatic nitrogens is 2. The topological polar surface area (TPSA) is 164 Å². The van der Waals surface area contributed by atoms with Crippen LogP contribution in [0.15, 0.2) is 59.5 Å². The Morgan fingerprint density at radius 3 is 2.51 bits per heavy atom. The monoisotopic (exact) mass is 632 g/mol. The molecule has 1 saturated heterocycles. The van der Waals surface area contributed by atoms with Gasteiger partial charge in [-0.05, 0) is 38.3 Å². The second-order valence-electron chi connectivity index (χ2n) is 10.0. The number of nitrogens with two attached hydrogens (primary N) is 1. The number of anilines is 1. The van der Waals surface area contributed by atoms with Crippen LogP contribution in [0.1, 0.15) is 27.0 Å². The molecular weight excluding hydrogens is 603 g/mol. The van der Waals surface area contributed by atoms with Crippen LogP contribution in [0.25, 0.3) is 10.8 Å². The molecule has 12 nitrogen and oxygen atoms in total. The first-order valence-corrected chi connectivity index (χ1v) is 14.4. The van der Waals surface area contributed by atoms with Crippen molar-refractivity contribution in [3.63, 3.8) is 0 Å². The van der Waals surface area contributed by atoms with Gasteiger partial charge in [0.15, 0.2) is 11.7 Å². The van der Waals surface area contributed by atoms with Gasteiger partial charge in [-0.25, -0.2) is 18.1 Å². The van der Waals surface area contributed by atoms with E-state index in [1.54, 1.807) is 44.2 Å². The number of hydrogen-bond acceptors (Lipinski definition) is 10. The van der Waals surface area contributed by atoms with Crippen LogP contribution in [0.3, 0.4) is 0 Å². The minimum Gasteiger partial charge on any atom is -0.462 e. The molecule has 17 heteroatoms. The molecule has 2 aromatic carbocycles. The molecule has 0 radical (unpaired) electrons. The molecule has 2 heterocycles. The Morgan fingerprint density at radius 1 is 1.19 bits per heavy atom. The molecule has 0 bridgehead atoms. The largest absolute Gasteiger partial charge is 0.462 e. The summed E-state index contributed by atoms with van der Waals surface area (Å²) in [6.45, 7) is 2.69. The highest BCUT2D eigenvalue weighted by Crippen LogP contribution is 2.53. The quantitative estimate of drug-likeness (QED) is 0.161. The molecule has 1 aliphatic rings. The number of benzene rings is 2. The van der Waals surface area contributed by atoms with Gasteiger partial charge in [0.05, 0.1) is 12.7 Å². The van der Waals surface area contributed by atoms with Gasteiger partial charge in [-0.1, -0.05) is 36.4 Å². The average molecular weight is 633 g/mol. The summed E-state index contributed by atoms with van der Waals surface area (Å²) in [5.41, 5.74) is 0.476. The van der Waals surface area contributed by atoms with E-state index in [4.69, 9.17) is 24.3 Å². The Morgan fingerprint density at radius 2 is 1.86 bits per heavy atom. The van der Waals surface area contributed by atoms with E-state index in [0.717, 1.165) is 12.3 Å². The number of nitrogen functional groups attached to an aromatic ring is 1. The number of fused-ring (bicyclic) bond motifs is 1. The lowest BCUT2D eigenvalue weighted by molar-refractivity contribution is -0.193. The minimum atomic E-state index is -4.93. The zero-order valence-electron chi connectivity index (χ0n) is 23.0. The molecule has 0 spiro atoms. The van der Waals surface area contributed by atoms with Crippen LogP contribution < -0.4 is 21.0 Å². The fourth-order valence-electron chi connectivity index (χ4n) is 4.31.